The summed E-state index contributed by atoms with van der Waals surface area (Å²) in [7, 11) is 0. The summed E-state index contributed by atoms with van der Waals surface area (Å²) in [6.07, 6.45) is 5.91. The van der Waals surface area contributed by atoms with Gasteiger partial charge in [0.05, 0.1) is 23.0 Å². The maximum atomic E-state index is 12.1. The van der Waals surface area contributed by atoms with Crippen LogP contribution < -0.4 is 10.2 Å². The highest BCUT2D eigenvalue weighted by Crippen LogP contribution is 2.24. The quantitative estimate of drug-likeness (QED) is 0.232. The summed E-state index contributed by atoms with van der Waals surface area (Å²) in [5.74, 6) is -0.144. The molecule has 4 rings (SSSR count). The topological polar surface area (TPSA) is 137 Å². The molecule has 0 aliphatic heterocycles. The number of hydrogen-bond acceptors (Lipinski definition) is 8. The molecular formula is C22H16ClN7O4. The average molecular weight is 478 g/mol. The number of rotatable bonds is 8. The van der Waals surface area contributed by atoms with E-state index >= 15 is 0 Å². The molecule has 0 saturated carbocycles. The van der Waals surface area contributed by atoms with Crippen LogP contribution in [0.1, 0.15) is 21.6 Å². The van der Waals surface area contributed by atoms with Crippen LogP contribution in [0.2, 0.25) is 5.02 Å². The van der Waals surface area contributed by atoms with Crippen molar-refractivity contribution in [3.8, 4) is 11.4 Å². The molecule has 0 saturated heterocycles. The van der Waals surface area contributed by atoms with Gasteiger partial charge in [0.2, 0.25) is 0 Å². The fraction of sp³-hybridized carbons (Fsp3) is 0.0455. The number of carbonyl (C=O) groups excluding carboxylic acids is 1. The minimum absolute atomic E-state index is 0.0442. The number of non-ortho nitro benzene ring substituents is 1. The summed E-state index contributed by atoms with van der Waals surface area (Å²) < 4.78 is 7.35. The van der Waals surface area contributed by atoms with E-state index in [-0.39, 0.29) is 12.3 Å². The number of ether oxygens (including phenoxy) is 1. The Morgan fingerprint density at radius 2 is 2.03 bits per heavy atom. The van der Waals surface area contributed by atoms with Gasteiger partial charge in [-0.2, -0.15) is 5.10 Å². The van der Waals surface area contributed by atoms with E-state index in [0.29, 0.717) is 27.6 Å². The predicted octanol–water partition coefficient (Wildman–Crippen LogP) is 3.57. The van der Waals surface area contributed by atoms with Gasteiger partial charge >= 0.3 is 0 Å². The number of benzene rings is 2. The van der Waals surface area contributed by atoms with Crippen molar-refractivity contribution >= 4 is 29.4 Å². The van der Waals surface area contributed by atoms with Gasteiger partial charge in [-0.25, -0.2) is 10.1 Å². The first-order chi connectivity index (χ1) is 16.5. The Bertz CT molecular complexity index is 1360. The van der Waals surface area contributed by atoms with Gasteiger partial charge in [-0.15, -0.1) is 5.10 Å². The fourth-order valence-corrected chi connectivity index (χ4v) is 3.06. The van der Waals surface area contributed by atoms with E-state index in [4.69, 9.17) is 16.3 Å². The number of nitrogens with zero attached hydrogens (tertiary/aromatic N) is 6. The summed E-state index contributed by atoms with van der Waals surface area (Å²) >= 11 is 6.02. The monoisotopic (exact) mass is 477 g/mol. The lowest BCUT2D eigenvalue weighted by molar-refractivity contribution is -0.384. The Morgan fingerprint density at radius 3 is 2.79 bits per heavy atom. The van der Waals surface area contributed by atoms with Crippen LogP contribution in [0.4, 0.5) is 5.69 Å². The van der Waals surface area contributed by atoms with Crippen molar-refractivity contribution in [2.75, 3.05) is 0 Å². The zero-order valence-electron chi connectivity index (χ0n) is 17.4. The molecule has 2 aromatic heterocycles. The molecule has 1 amide bonds. The molecule has 0 atom stereocenters. The Labute approximate surface area is 197 Å². The molecule has 170 valence electrons. The lowest BCUT2D eigenvalue weighted by Gasteiger charge is -2.07. The summed E-state index contributed by atoms with van der Waals surface area (Å²) in [6.45, 7) is 0.0442. The van der Waals surface area contributed by atoms with Gasteiger partial charge < -0.3 is 4.74 Å². The molecule has 2 heterocycles. The van der Waals surface area contributed by atoms with Gasteiger partial charge in [-0.1, -0.05) is 22.9 Å². The Balaban J connectivity index is 1.48. The average Bonchev–Trinajstić information content (AvgIpc) is 3.33. The van der Waals surface area contributed by atoms with E-state index in [1.165, 1.54) is 48.9 Å². The number of halogens is 1. The Hall–Kier alpha value is -4.64. The second-order valence-electron chi connectivity index (χ2n) is 6.84. The van der Waals surface area contributed by atoms with Crippen LogP contribution in [0, 0.1) is 10.1 Å². The van der Waals surface area contributed by atoms with Crippen LogP contribution in [0.5, 0.6) is 5.75 Å². The van der Waals surface area contributed by atoms with E-state index in [1.54, 1.807) is 29.1 Å². The van der Waals surface area contributed by atoms with Crippen molar-refractivity contribution < 1.29 is 14.5 Å². The molecule has 0 bridgehead atoms. The minimum atomic E-state index is -0.534. The second-order valence-corrected chi connectivity index (χ2v) is 7.27. The Kier molecular flexibility index (Phi) is 6.84. The molecule has 4 aromatic rings. The molecule has 1 N–H and O–H groups in total. The number of pyridine rings is 1. The van der Waals surface area contributed by atoms with Crippen molar-refractivity contribution in [1.29, 1.82) is 0 Å². The van der Waals surface area contributed by atoms with Crippen molar-refractivity contribution in [2.45, 2.75) is 6.61 Å². The molecular weight excluding hydrogens is 462 g/mol. The van der Waals surface area contributed by atoms with Crippen molar-refractivity contribution in [3.05, 3.63) is 105 Å². The molecule has 0 radical (unpaired) electrons. The number of nitro benzene ring substituents is 1. The van der Waals surface area contributed by atoms with Crippen molar-refractivity contribution in [1.82, 2.24) is 25.4 Å². The molecule has 0 fully saturated rings. The number of nitro groups is 1. The number of amides is 1. The Morgan fingerprint density at radius 1 is 1.21 bits per heavy atom. The molecule has 0 spiro atoms. The first-order valence-corrected chi connectivity index (χ1v) is 10.2. The van der Waals surface area contributed by atoms with Crippen molar-refractivity contribution in [3.63, 3.8) is 0 Å². The zero-order chi connectivity index (χ0) is 23.9. The zero-order valence-corrected chi connectivity index (χ0v) is 18.2. The van der Waals surface area contributed by atoms with E-state index in [2.05, 4.69) is 25.8 Å². The maximum Gasteiger partial charge on any atom is 0.271 e. The minimum Gasteiger partial charge on any atom is -0.486 e. The number of hydrazone groups is 1. The third kappa shape index (κ3) is 5.58. The fourth-order valence-electron chi connectivity index (χ4n) is 2.87. The molecule has 11 nitrogen and oxygen atoms in total. The van der Waals surface area contributed by atoms with Gasteiger partial charge in [0, 0.05) is 40.7 Å². The van der Waals surface area contributed by atoms with Gasteiger partial charge in [0.15, 0.2) is 0 Å². The van der Waals surface area contributed by atoms with Gasteiger partial charge in [0.1, 0.15) is 18.1 Å². The third-order valence-corrected chi connectivity index (χ3v) is 4.74. The molecule has 2 aromatic carbocycles. The van der Waals surface area contributed by atoms with Crippen LogP contribution in [0.15, 0.2) is 78.3 Å². The lowest BCUT2D eigenvalue weighted by Crippen LogP contribution is -2.17. The summed E-state index contributed by atoms with van der Waals surface area (Å²) in [4.78, 5) is 26.6. The van der Waals surface area contributed by atoms with Crippen LogP contribution in [0.3, 0.4) is 0 Å². The van der Waals surface area contributed by atoms with Crippen LogP contribution in [-0.2, 0) is 6.61 Å². The smallest absolute Gasteiger partial charge is 0.271 e. The van der Waals surface area contributed by atoms with Gasteiger partial charge in [-0.3, -0.25) is 19.9 Å². The standard InChI is InChI=1S/C22H16ClN7O4/c23-17-2-1-3-19(11-17)29-13-18(26-28-29)14-34-21-5-4-20(30(32)33)10-16(21)12-25-27-22(31)15-6-8-24-9-7-15/h1-13H,14H2,(H,27,31)/b25-12+. The summed E-state index contributed by atoms with van der Waals surface area (Å²) in [5, 5.41) is 23.8. The maximum absolute atomic E-state index is 12.1. The van der Waals surface area contributed by atoms with E-state index in [0.717, 1.165) is 5.69 Å². The molecule has 12 heteroatoms. The van der Waals surface area contributed by atoms with Crippen LogP contribution >= 0.6 is 11.6 Å². The normalized spacial score (nSPS) is 10.9. The van der Waals surface area contributed by atoms with Crippen LogP contribution in [-0.4, -0.2) is 37.0 Å². The number of aromatic nitrogens is 4. The van der Waals surface area contributed by atoms with E-state index in [9.17, 15) is 14.9 Å². The highest BCUT2D eigenvalue weighted by Gasteiger charge is 2.12. The highest BCUT2D eigenvalue weighted by molar-refractivity contribution is 6.30. The molecule has 0 aliphatic carbocycles. The third-order valence-electron chi connectivity index (χ3n) is 4.51. The van der Waals surface area contributed by atoms with Gasteiger partial charge in [-0.05, 0) is 36.4 Å². The summed E-state index contributed by atoms with van der Waals surface area (Å²) in [5.41, 5.74) is 4.13. The lowest BCUT2D eigenvalue weighted by atomic mass is 10.2. The highest BCUT2D eigenvalue weighted by atomic mass is 35.5. The molecule has 34 heavy (non-hydrogen) atoms. The van der Waals surface area contributed by atoms with E-state index in [1.807, 2.05) is 6.07 Å². The first kappa shape index (κ1) is 22.6. The van der Waals surface area contributed by atoms with Crippen molar-refractivity contribution in [2.24, 2.45) is 5.10 Å². The molecule has 0 unspecified atom stereocenters. The van der Waals surface area contributed by atoms with Crippen LogP contribution in [0.25, 0.3) is 5.69 Å². The SMILES string of the molecule is O=C(N/N=C/c1cc([N+](=O)[O-])ccc1OCc1cn(-c2cccc(Cl)c2)nn1)c1ccncc1. The second kappa shape index (κ2) is 10.3. The number of nitrogens with one attached hydrogen (secondary N) is 1. The van der Waals surface area contributed by atoms with E-state index < -0.39 is 10.8 Å². The number of carbonyl (C=O) groups is 1. The molecule has 0 aliphatic rings. The largest absolute Gasteiger partial charge is 0.486 e. The van der Waals surface area contributed by atoms with Gasteiger partial charge in [0.25, 0.3) is 11.6 Å². The predicted molar refractivity (Wildman–Crippen MR) is 123 cm³/mol. The number of hydrogen-bond donors (Lipinski definition) is 1. The summed E-state index contributed by atoms with van der Waals surface area (Å²) in [6, 6.07) is 14.2. The first-order valence-electron chi connectivity index (χ1n) is 9.81.